The summed E-state index contributed by atoms with van der Waals surface area (Å²) in [5, 5.41) is 0. The van der Waals surface area contributed by atoms with Crippen molar-refractivity contribution in [2.75, 3.05) is 0 Å². The monoisotopic (exact) mass is 136 g/mol. The van der Waals surface area contributed by atoms with Crippen LogP contribution < -0.4 is 0 Å². The first-order chi connectivity index (χ1) is 4.77. The summed E-state index contributed by atoms with van der Waals surface area (Å²) in [5.74, 6) is 2.98. The molecule has 0 heteroatoms. The molecule has 0 aliphatic heterocycles. The fourth-order valence-electron chi connectivity index (χ4n) is 2.56. The van der Waals surface area contributed by atoms with E-state index in [1.165, 1.54) is 19.3 Å². The molecular weight excluding hydrogens is 120 g/mol. The number of rotatable bonds is 1. The standard InChI is InChI=1S/C10H16/c1-7(2)10-6-8-3-4-9(10)5-8/h3,7,9-10H,4-6H2,1-2H3. The highest BCUT2D eigenvalue weighted by molar-refractivity contribution is 5.18. The van der Waals surface area contributed by atoms with Crippen LogP contribution in [0.2, 0.25) is 0 Å². The van der Waals surface area contributed by atoms with E-state index in [2.05, 4.69) is 19.9 Å². The molecule has 1 saturated carbocycles. The second kappa shape index (κ2) is 2.11. The van der Waals surface area contributed by atoms with Crippen molar-refractivity contribution in [1.82, 2.24) is 0 Å². The maximum atomic E-state index is 2.46. The second-order valence-corrected chi connectivity index (χ2v) is 4.17. The van der Waals surface area contributed by atoms with Crippen molar-refractivity contribution in [2.45, 2.75) is 33.1 Å². The van der Waals surface area contributed by atoms with E-state index in [1.807, 2.05) is 0 Å². The predicted octanol–water partition coefficient (Wildman–Crippen LogP) is 3.00. The average molecular weight is 136 g/mol. The first-order valence-electron chi connectivity index (χ1n) is 4.45. The lowest BCUT2D eigenvalue weighted by atomic mass is 9.83. The fraction of sp³-hybridized carbons (Fsp3) is 0.800. The Kier molecular flexibility index (Phi) is 1.36. The van der Waals surface area contributed by atoms with Crippen molar-refractivity contribution < 1.29 is 0 Å². The van der Waals surface area contributed by atoms with Crippen LogP contribution in [-0.2, 0) is 0 Å². The largest absolute Gasteiger partial charge is 0.0850 e. The molecule has 1 fully saturated rings. The first kappa shape index (κ1) is 6.45. The lowest BCUT2D eigenvalue weighted by molar-refractivity contribution is 0.295. The molecule has 0 spiro atoms. The summed E-state index contributed by atoms with van der Waals surface area (Å²) in [7, 11) is 0. The van der Waals surface area contributed by atoms with Gasteiger partial charge in [-0.25, -0.2) is 0 Å². The molecule has 0 radical (unpaired) electrons. The maximum absolute atomic E-state index is 2.46. The summed E-state index contributed by atoms with van der Waals surface area (Å²) < 4.78 is 0. The second-order valence-electron chi connectivity index (χ2n) is 4.17. The van der Waals surface area contributed by atoms with Crippen LogP contribution in [0.4, 0.5) is 0 Å². The van der Waals surface area contributed by atoms with E-state index in [0.29, 0.717) is 0 Å². The quantitative estimate of drug-likeness (QED) is 0.486. The Morgan fingerprint density at radius 3 is 2.50 bits per heavy atom. The minimum atomic E-state index is 0.913. The van der Waals surface area contributed by atoms with Gasteiger partial charge in [0.05, 0.1) is 0 Å². The number of fused-ring (bicyclic) bond motifs is 2. The fourth-order valence-corrected chi connectivity index (χ4v) is 2.56. The summed E-state index contributed by atoms with van der Waals surface area (Å²) >= 11 is 0. The van der Waals surface area contributed by atoms with Crippen molar-refractivity contribution in [3.63, 3.8) is 0 Å². The Hall–Kier alpha value is -0.260. The van der Waals surface area contributed by atoms with Crippen LogP contribution in [0.1, 0.15) is 33.1 Å². The molecule has 2 aliphatic rings. The molecule has 2 aliphatic carbocycles. The molecule has 2 rings (SSSR count). The van der Waals surface area contributed by atoms with Gasteiger partial charge in [-0.05, 0) is 37.0 Å². The van der Waals surface area contributed by atoms with Gasteiger partial charge in [0.2, 0.25) is 0 Å². The van der Waals surface area contributed by atoms with E-state index in [0.717, 1.165) is 17.8 Å². The smallest absolute Gasteiger partial charge is 0.0286 e. The van der Waals surface area contributed by atoms with Crippen molar-refractivity contribution in [1.29, 1.82) is 0 Å². The van der Waals surface area contributed by atoms with Crippen molar-refractivity contribution in [2.24, 2.45) is 17.8 Å². The third kappa shape index (κ3) is 0.817. The minimum Gasteiger partial charge on any atom is -0.0850 e. The summed E-state index contributed by atoms with van der Waals surface area (Å²) in [5.41, 5.74) is 1.75. The van der Waals surface area contributed by atoms with Crippen LogP contribution >= 0.6 is 0 Å². The van der Waals surface area contributed by atoms with E-state index in [1.54, 1.807) is 5.57 Å². The summed E-state index contributed by atoms with van der Waals surface area (Å²) in [4.78, 5) is 0. The van der Waals surface area contributed by atoms with E-state index in [9.17, 15) is 0 Å². The van der Waals surface area contributed by atoms with Crippen molar-refractivity contribution in [3.8, 4) is 0 Å². The molecule has 2 bridgehead atoms. The normalized spacial score (nSPS) is 37.3. The SMILES string of the molecule is CC(C)C1CC2=CCC1C2. The van der Waals surface area contributed by atoms with Gasteiger partial charge in [-0.2, -0.15) is 0 Å². The zero-order valence-corrected chi connectivity index (χ0v) is 6.93. The molecule has 0 nitrogen and oxygen atoms in total. The van der Waals surface area contributed by atoms with Gasteiger partial charge in [0.15, 0.2) is 0 Å². The molecule has 10 heavy (non-hydrogen) atoms. The van der Waals surface area contributed by atoms with E-state index in [-0.39, 0.29) is 0 Å². The topological polar surface area (TPSA) is 0 Å². The van der Waals surface area contributed by atoms with Gasteiger partial charge < -0.3 is 0 Å². The van der Waals surface area contributed by atoms with Crippen LogP contribution in [0.5, 0.6) is 0 Å². The summed E-state index contributed by atoms with van der Waals surface area (Å²) in [6.45, 7) is 4.73. The number of hydrogen-bond acceptors (Lipinski definition) is 0. The highest BCUT2D eigenvalue weighted by atomic mass is 14.4. The van der Waals surface area contributed by atoms with Crippen LogP contribution in [0.25, 0.3) is 0 Å². The minimum absolute atomic E-state index is 0.913. The number of hydrogen-bond donors (Lipinski definition) is 0. The van der Waals surface area contributed by atoms with Gasteiger partial charge in [0, 0.05) is 0 Å². The molecular formula is C10H16. The molecule has 0 aromatic heterocycles. The van der Waals surface area contributed by atoms with Crippen LogP contribution in [-0.4, -0.2) is 0 Å². The Bertz CT molecular complexity index is 165. The molecule has 0 aromatic carbocycles. The van der Waals surface area contributed by atoms with Gasteiger partial charge in [0.1, 0.15) is 0 Å². The van der Waals surface area contributed by atoms with E-state index < -0.39 is 0 Å². The molecule has 0 heterocycles. The first-order valence-corrected chi connectivity index (χ1v) is 4.45. The zero-order chi connectivity index (χ0) is 7.14. The van der Waals surface area contributed by atoms with Crippen LogP contribution in [0.3, 0.4) is 0 Å². The lowest BCUT2D eigenvalue weighted by Crippen LogP contribution is -2.14. The van der Waals surface area contributed by atoms with Crippen molar-refractivity contribution >= 4 is 0 Å². The Morgan fingerprint density at radius 1 is 1.40 bits per heavy atom. The predicted molar refractivity (Wildman–Crippen MR) is 43.8 cm³/mol. The van der Waals surface area contributed by atoms with E-state index in [4.69, 9.17) is 0 Å². The van der Waals surface area contributed by atoms with Crippen LogP contribution in [0.15, 0.2) is 11.6 Å². The summed E-state index contributed by atoms with van der Waals surface area (Å²) in [6, 6.07) is 0. The average Bonchev–Trinajstić information content (AvgIpc) is 2.44. The molecule has 2 unspecified atom stereocenters. The highest BCUT2D eigenvalue weighted by Crippen LogP contribution is 2.47. The molecule has 0 saturated heterocycles. The third-order valence-electron chi connectivity index (χ3n) is 3.19. The highest BCUT2D eigenvalue weighted by Gasteiger charge is 2.35. The Morgan fingerprint density at radius 2 is 2.20 bits per heavy atom. The van der Waals surface area contributed by atoms with Crippen LogP contribution in [0, 0.1) is 17.8 Å². The molecule has 56 valence electrons. The maximum Gasteiger partial charge on any atom is -0.0286 e. The zero-order valence-electron chi connectivity index (χ0n) is 6.93. The Labute approximate surface area is 63.3 Å². The molecule has 2 atom stereocenters. The van der Waals surface area contributed by atoms with Gasteiger partial charge in [-0.3, -0.25) is 0 Å². The van der Waals surface area contributed by atoms with Gasteiger partial charge in [0.25, 0.3) is 0 Å². The lowest BCUT2D eigenvalue weighted by Gasteiger charge is -2.22. The van der Waals surface area contributed by atoms with Gasteiger partial charge >= 0.3 is 0 Å². The molecule has 0 aromatic rings. The molecule has 0 amide bonds. The van der Waals surface area contributed by atoms with E-state index >= 15 is 0 Å². The van der Waals surface area contributed by atoms with Gasteiger partial charge in [-0.1, -0.05) is 25.5 Å². The molecule has 0 N–H and O–H groups in total. The third-order valence-corrected chi connectivity index (χ3v) is 3.19. The van der Waals surface area contributed by atoms with Gasteiger partial charge in [-0.15, -0.1) is 0 Å². The van der Waals surface area contributed by atoms with Crippen molar-refractivity contribution in [3.05, 3.63) is 11.6 Å². The Balaban J connectivity index is 2.10. The summed E-state index contributed by atoms with van der Waals surface area (Å²) in [6.07, 6.45) is 6.70. The number of allylic oxidation sites excluding steroid dienone is 2.